The zero-order chi connectivity index (χ0) is 17.3. The average molecular weight is 324 g/mol. The van der Waals surface area contributed by atoms with Crippen LogP contribution in [0.4, 0.5) is 0 Å². The van der Waals surface area contributed by atoms with Crippen LogP contribution in [0.3, 0.4) is 0 Å². The SMILES string of the molecule is CNC(=O)c1cc(C(=O)NC)c2c(c1)[C@@H](c1ccccc1)[C@H](C)O2. The second kappa shape index (κ2) is 6.35. The van der Waals surface area contributed by atoms with Crippen LogP contribution in [0.2, 0.25) is 0 Å². The second-order valence-corrected chi connectivity index (χ2v) is 5.81. The van der Waals surface area contributed by atoms with Crippen molar-refractivity contribution in [2.24, 2.45) is 0 Å². The first-order valence-electron chi connectivity index (χ1n) is 7.90. The first kappa shape index (κ1) is 16.1. The molecule has 0 aliphatic carbocycles. The summed E-state index contributed by atoms with van der Waals surface area (Å²) in [6.45, 7) is 1.98. The molecule has 0 aromatic heterocycles. The molecule has 5 heteroatoms. The van der Waals surface area contributed by atoms with E-state index < -0.39 is 0 Å². The number of ether oxygens (including phenoxy) is 1. The fraction of sp³-hybridized carbons (Fsp3) is 0.263. The summed E-state index contributed by atoms with van der Waals surface area (Å²) in [5, 5.41) is 5.22. The Morgan fingerprint density at radius 1 is 1.00 bits per heavy atom. The van der Waals surface area contributed by atoms with Gasteiger partial charge in [0.25, 0.3) is 11.8 Å². The highest BCUT2D eigenvalue weighted by molar-refractivity contribution is 6.02. The van der Waals surface area contributed by atoms with Gasteiger partial charge in [-0.2, -0.15) is 0 Å². The van der Waals surface area contributed by atoms with E-state index in [0.717, 1.165) is 11.1 Å². The molecule has 2 atom stereocenters. The third-order valence-electron chi connectivity index (χ3n) is 4.35. The van der Waals surface area contributed by atoms with Crippen LogP contribution in [0, 0.1) is 0 Å². The van der Waals surface area contributed by atoms with Gasteiger partial charge in [-0.25, -0.2) is 0 Å². The summed E-state index contributed by atoms with van der Waals surface area (Å²) in [7, 11) is 3.14. The lowest BCUT2D eigenvalue weighted by Crippen LogP contribution is -2.22. The van der Waals surface area contributed by atoms with Gasteiger partial charge in [0.2, 0.25) is 0 Å². The Balaban J connectivity index is 2.20. The zero-order valence-corrected chi connectivity index (χ0v) is 13.9. The molecule has 0 unspecified atom stereocenters. The Bertz CT molecular complexity index is 787. The summed E-state index contributed by atoms with van der Waals surface area (Å²) in [6.07, 6.45) is -0.120. The number of nitrogens with one attached hydrogen (secondary N) is 2. The molecule has 2 aromatic rings. The van der Waals surface area contributed by atoms with E-state index in [-0.39, 0.29) is 23.8 Å². The number of benzene rings is 2. The first-order chi connectivity index (χ1) is 11.6. The van der Waals surface area contributed by atoms with Gasteiger partial charge in [0.1, 0.15) is 11.9 Å². The van der Waals surface area contributed by atoms with Crippen molar-refractivity contribution in [3.8, 4) is 5.75 Å². The molecule has 1 aliphatic rings. The molecule has 0 radical (unpaired) electrons. The van der Waals surface area contributed by atoms with E-state index in [9.17, 15) is 9.59 Å². The Hall–Kier alpha value is -2.82. The predicted octanol–water partition coefficient (Wildman–Crippen LogP) is 2.32. The van der Waals surface area contributed by atoms with Gasteiger partial charge >= 0.3 is 0 Å². The fourth-order valence-electron chi connectivity index (χ4n) is 3.21. The van der Waals surface area contributed by atoms with Crippen molar-refractivity contribution < 1.29 is 14.3 Å². The predicted molar refractivity (Wildman–Crippen MR) is 91.6 cm³/mol. The van der Waals surface area contributed by atoms with Gasteiger partial charge in [-0.15, -0.1) is 0 Å². The van der Waals surface area contributed by atoms with Crippen LogP contribution in [0.15, 0.2) is 42.5 Å². The lowest BCUT2D eigenvalue weighted by atomic mass is 9.87. The fourth-order valence-corrected chi connectivity index (χ4v) is 3.21. The molecule has 24 heavy (non-hydrogen) atoms. The molecule has 0 fully saturated rings. The van der Waals surface area contributed by atoms with Gasteiger partial charge in [0.05, 0.1) is 5.56 Å². The number of fused-ring (bicyclic) bond motifs is 1. The van der Waals surface area contributed by atoms with Crippen molar-refractivity contribution in [3.05, 3.63) is 64.7 Å². The smallest absolute Gasteiger partial charge is 0.254 e. The van der Waals surface area contributed by atoms with Gasteiger partial charge in [-0.05, 0) is 24.6 Å². The van der Waals surface area contributed by atoms with Crippen LogP contribution in [-0.2, 0) is 0 Å². The molecule has 2 aromatic carbocycles. The van der Waals surface area contributed by atoms with Gasteiger partial charge in [-0.1, -0.05) is 30.3 Å². The molecule has 5 nitrogen and oxygen atoms in total. The normalized spacial score (nSPS) is 18.5. The molecule has 0 spiro atoms. The van der Waals surface area contributed by atoms with Gasteiger partial charge in [-0.3, -0.25) is 9.59 Å². The van der Waals surface area contributed by atoms with Crippen molar-refractivity contribution >= 4 is 11.8 Å². The Morgan fingerprint density at radius 3 is 2.29 bits per heavy atom. The van der Waals surface area contributed by atoms with Crippen LogP contribution in [-0.4, -0.2) is 32.0 Å². The minimum Gasteiger partial charge on any atom is -0.489 e. The summed E-state index contributed by atoms with van der Waals surface area (Å²) >= 11 is 0. The largest absolute Gasteiger partial charge is 0.489 e. The standard InChI is InChI=1S/C19H20N2O3/c1-11-16(12-7-5-4-6-8-12)14-9-13(18(22)20-2)10-15(17(14)24-11)19(23)21-3/h4-11,16H,1-3H3,(H,20,22)(H,21,23)/t11-,16+/m0/s1. The maximum absolute atomic E-state index is 12.3. The van der Waals surface area contributed by atoms with Crippen LogP contribution < -0.4 is 15.4 Å². The molecule has 0 saturated carbocycles. The van der Waals surface area contributed by atoms with Crippen molar-refractivity contribution in [1.29, 1.82) is 0 Å². The number of carbonyl (C=O) groups excluding carboxylic acids is 2. The monoisotopic (exact) mass is 324 g/mol. The Morgan fingerprint density at radius 2 is 1.67 bits per heavy atom. The number of hydrogen-bond acceptors (Lipinski definition) is 3. The lowest BCUT2D eigenvalue weighted by molar-refractivity contribution is 0.0958. The zero-order valence-electron chi connectivity index (χ0n) is 13.9. The van der Waals surface area contributed by atoms with Crippen LogP contribution in [0.25, 0.3) is 0 Å². The number of amides is 2. The summed E-state index contributed by atoms with van der Waals surface area (Å²) in [5.41, 5.74) is 2.81. The first-order valence-corrected chi connectivity index (χ1v) is 7.90. The quantitative estimate of drug-likeness (QED) is 0.910. The number of carbonyl (C=O) groups is 2. The topological polar surface area (TPSA) is 67.4 Å². The van der Waals surface area contributed by atoms with Crippen molar-refractivity contribution in [1.82, 2.24) is 10.6 Å². The molecule has 1 aliphatic heterocycles. The second-order valence-electron chi connectivity index (χ2n) is 5.81. The maximum Gasteiger partial charge on any atom is 0.254 e. The molecule has 124 valence electrons. The van der Waals surface area contributed by atoms with Gasteiger partial charge in [0, 0.05) is 31.1 Å². The van der Waals surface area contributed by atoms with E-state index in [1.54, 1.807) is 20.2 Å². The summed E-state index contributed by atoms with van der Waals surface area (Å²) in [4.78, 5) is 24.4. The Kier molecular flexibility index (Phi) is 4.25. The third kappa shape index (κ3) is 2.62. The molecule has 2 N–H and O–H groups in total. The van der Waals surface area contributed by atoms with Crippen LogP contribution in [0.5, 0.6) is 5.75 Å². The highest BCUT2D eigenvalue weighted by atomic mass is 16.5. The maximum atomic E-state index is 12.3. The average Bonchev–Trinajstić information content (AvgIpc) is 2.95. The van der Waals surface area contributed by atoms with Crippen molar-refractivity contribution in [2.45, 2.75) is 18.9 Å². The molecular formula is C19H20N2O3. The molecule has 0 bridgehead atoms. The van der Waals surface area contributed by atoms with E-state index in [4.69, 9.17) is 4.74 Å². The van der Waals surface area contributed by atoms with Crippen molar-refractivity contribution in [3.63, 3.8) is 0 Å². The minimum atomic E-state index is -0.266. The summed E-state index contributed by atoms with van der Waals surface area (Å²) in [6, 6.07) is 13.4. The van der Waals surface area contributed by atoms with E-state index in [1.807, 2.05) is 43.3 Å². The van der Waals surface area contributed by atoms with Crippen molar-refractivity contribution in [2.75, 3.05) is 14.1 Å². The Labute approximate surface area is 141 Å². The lowest BCUT2D eigenvalue weighted by Gasteiger charge is -2.15. The molecule has 0 saturated heterocycles. The van der Waals surface area contributed by atoms with E-state index in [1.165, 1.54) is 0 Å². The molecular weight excluding hydrogens is 304 g/mol. The highest BCUT2D eigenvalue weighted by Crippen LogP contribution is 2.44. The molecule has 1 heterocycles. The summed E-state index contributed by atoms with van der Waals surface area (Å²) < 4.78 is 6.00. The molecule has 3 rings (SSSR count). The summed E-state index contributed by atoms with van der Waals surface area (Å²) in [5.74, 6) is 0.0461. The number of hydrogen-bond donors (Lipinski definition) is 2. The minimum absolute atomic E-state index is 0.0192. The van der Waals surface area contributed by atoms with E-state index >= 15 is 0 Å². The van der Waals surface area contributed by atoms with Gasteiger partial charge < -0.3 is 15.4 Å². The molecule has 2 amide bonds. The van der Waals surface area contributed by atoms with Crippen LogP contribution in [0.1, 0.15) is 44.7 Å². The third-order valence-corrected chi connectivity index (χ3v) is 4.35. The van der Waals surface area contributed by atoms with E-state index in [2.05, 4.69) is 10.6 Å². The van der Waals surface area contributed by atoms with E-state index in [0.29, 0.717) is 16.9 Å². The van der Waals surface area contributed by atoms with Gasteiger partial charge in [0.15, 0.2) is 0 Å². The highest BCUT2D eigenvalue weighted by Gasteiger charge is 2.36. The van der Waals surface area contributed by atoms with Crippen LogP contribution >= 0.6 is 0 Å². The number of rotatable bonds is 3.